The fraction of sp³-hybridized carbons (Fsp3) is 0.379. The number of aliphatic carboxylic acids is 1. The summed E-state index contributed by atoms with van der Waals surface area (Å²) in [4.78, 5) is 28.2. The molecule has 190 valence electrons. The van der Waals surface area contributed by atoms with E-state index in [9.17, 15) is 9.59 Å². The van der Waals surface area contributed by atoms with Crippen LogP contribution in [-0.2, 0) is 11.3 Å². The number of nitrogens with zero attached hydrogens (tertiary/aromatic N) is 2. The third kappa shape index (κ3) is 6.55. The van der Waals surface area contributed by atoms with Crippen LogP contribution in [0.25, 0.3) is 11.3 Å². The van der Waals surface area contributed by atoms with Crippen molar-refractivity contribution >= 4 is 11.9 Å². The van der Waals surface area contributed by atoms with Gasteiger partial charge in [-0.25, -0.2) is 0 Å². The topological polar surface area (TPSA) is 83.2 Å². The zero-order valence-corrected chi connectivity index (χ0v) is 20.9. The summed E-state index contributed by atoms with van der Waals surface area (Å²) in [6.45, 7) is 5.66. The standard InChI is InChI=1S/C29H34N2O5/c1-21(2)31(29(34)23-13-11-22(12-14-23)26-10-6-18-35-26)19-24-7-3-4-9-27(24)36-25-8-5-16-30(20-25)17-15-28(32)33/h3-4,6-7,9-14,18,21,25H,5,8,15-17,19-20H2,1-2H3,(H,32,33)/i21D. The Bertz CT molecular complexity index is 1190. The number of piperidine rings is 1. The highest BCUT2D eigenvalue weighted by molar-refractivity contribution is 5.94. The molecule has 1 amide bonds. The Morgan fingerprint density at radius 1 is 1.17 bits per heavy atom. The van der Waals surface area contributed by atoms with Crippen LogP contribution in [0.4, 0.5) is 0 Å². The van der Waals surface area contributed by atoms with Gasteiger partial charge in [-0.1, -0.05) is 30.3 Å². The van der Waals surface area contributed by atoms with E-state index < -0.39 is 12.0 Å². The number of para-hydroxylation sites is 1. The van der Waals surface area contributed by atoms with E-state index in [1.165, 1.54) is 4.90 Å². The molecule has 1 unspecified atom stereocenters. The number of carbonyl (C=O) groups excluding carboxylic acids is 1. The van der Waals surface area contributed by atoms with Gasteiger partial charge in [0.25, 0.3) is 5.91 Å². The van der Waals surface area contributed by atoms with Gasteiger partial charge in [-0.2, -0.15) is 0 Å². The second-order valence-electron chi connectivity index (χ2n) is 9.33. The number of amides is 1. The van der Waals surface area contributed by atoms with Crippen LogP contribution in [0.2, 0.25) is 0 Å². The lowest BCUT2D eigenvalue weighted by atomic mass is 10.1. The number of likely N-dealkylation sites (tertiary alicyclic amines) is 1. The second kappa shape index (κ2) is 11.9. The van der Waals surface area contributed by atoms with E-state index in [2.05, 4.69) is 4.90 Å². The first-order valence-corrected chi connectivity index (χ1v) is 12.4. The molecule has 1 aromatic heterocycles. The molecule has 1 N–H and O–H groups in total. The molecular weight excluding hydrogens is 456 g/mol. The SMILES string of the molecule is [2H]C(C)(C)N(Cc1ccccc1OC1CCCN(CCC(=O)O)C1)C(=O)c1ccc(-c2ccco2)cc1. The number of carboxylic acid groups (broad SMARTS) is 1. The number of hydrogen-bond donors (Lipinski definition) is 1. The number of carboxylic acids is 1. The average molecular weight is 492 g/mol. The third-order valence-electron chi connectivity index (χ3n) is 6.42. The Morgan fingerprint density at radius 2 is 1.94 bits per heavy atom. The van der Waals surface area contributed by atoms with Crippen molar-refractivity contribution in [1.82, 2.24) is 9.80 Å². The first kappa shape index (κ1) is 24.1. The van der Waals surface area contributed by atoms with E-state index in [1.54, 1.807) is 32.2 Å². The molecule has 1 aliphatic rings. The number of rotatable bonds is 10. The summed E-state index contributed by atoms with van der Waals surface area (Å²) in [6.07, 6.45) is 3.48. The van der Waals surface area contributed by atoms with Gasteiger partial charge in [0.15, 0.2) is 0 Å². The van der Waals surface area contributed by atoms with Gasteiger partial charge in [0.1, 0.15) is 17.6 Å². The van der Waals surface area contributed by atoms with Crippen LogP contribution >= 0.6 is 0 Å². The van der Waals surface area contributed by atoms with Crippen LogP contribution in [-0.4, -0.2) is 58.5 Å². The fourth-order valence-electron chi connectivity index (χ4n) is 4.47. The quantitative estimate of drug-likeness (QED) is 0.414. The minimum atomic E-state index is -1.16. The van der Waals surface area contributed by atoms with E-state index in [1.807, 2.05) is 48.5 Å². The maximum atomic E-state index is 13.6. The summed E-state index contributed by atoms with van der Waals surface area (Å²) in [5, 5.41) is 9.01. The van der Waals surface area contributed by atoms with Crippen molar-refractivity contribution in [1.29, 1.82) is 0 Å². The highest BCUT2D eigenvalue weighted by Gasteiger charge is 2.24. The Hall–Kier alpha value is -3.58. The Balaban J connectivity index is 1.49. The van der Waals surface area contributed by atoms with Gasteiger partial charge in [0.05, 0.1) is 14.1 Å². The smallest absolute Gasteiger partial charge is 0.304 e. The van der Waals surface area contributed by atoms with Crippen molar-refractivity contribution in [3.63, 3.8) is 0 Å². The molecule has 2 heterocycles. The van der Waals surface area contributed by atoms with Crippen LogP contribution in [0.15, 0.2) is 71.3 Å². The molecule has 7 heteroatoms. The van der Waals surface area contributed by atoms with Gasteiger partial charge in [0, 0.05) is 42.3 Å². The normalized spacial score (nSPS) is 16.8. The fourth-order valence-corrected chi connectivity index (χ4v) is 4.47. The largest absolute Gasteiger partial charge is 0.489 e. The molecule has 7 nitrogen and oxygen atoms in total. The molecule has 0 spiro atoms. The molecule has 0 aliphatic carbocycles. The summed E-state index contributed by atoms with van der Waals surface area (Å²) < 4.78 is 20.5. The molecular formula is C29H34N2O5. The summed E-state index contributed by atoms with van der Waals surface area (Å²) in [5.41, 5.74) is 2.20. The minimum absolute atomic E-state index is 0.0639. The molecule has 2 aromatic carbocycles. The van der Waals surface area contributed by atoms with E-state index >= 15 is 0 Å². The van der Waals surface area contributed by atoms with Gasteiger partial charge < -0.3 is 19.2 Å². The maximum absolute atomic E-state index is 13.6. The van der Waals surface area contributed by atoms with E-state index in [0.717, 1.165) is 36.3 Å². The van der Waals surface area contributed by atoms with Gasteiger partial charge in [-0.05, 0) is 63.6 Å². The predicted molar refractivity (Wildman–Crippen MR) is 138 cm³/mol. The van der Waals surface area contributed by atoms with Gasteiger partial charge in [0.2, 0.25) is 0 Å². The molecule has 1 saturated heterocycles. The van der Waals surface area contributed by atoms with Crippen LogP contribution in [0.5, 0.6) is 5.75 Å². The zero-order chi connectivity index (χ0) is 26.4. The van der Waals surface area contributed by atoms with Crippen molar-refractivity contribution in [2.45, 2.75) is 51.8 Å². The van der Waals surface area contributed by atoms with Crippen LogP contribution in [0.1, 0.15) is 50.4 Å². The summed E-state index contributed by atoms with van der Waals surface area (Å²) in [7, 11) is 0. The van der Waals surface area contributed by atoms with Crippen molar-refractivity contribution in [3.05, 3.63) is 78.1 Å². The first-order chi connectivity index (χ1) is 17.7. The highest BCUT2D eigenvalue weighted by atomic mass is 16.5. The number of benzene rings is 2. The highest BCUT2D eigenvalue weighted by Crippen LogP contribution is 2.26. The van der Waals surface area contributed by atoms with E-state index in [4.69, 9.17) is 15.6 Å². The van der Waals surface area contributed by atoms with Crippen molar-refractivity contribution in [2.75, 3.05) is 19.6 Å². The maximum Gasteiger partial charge on any atom is 0.304 e. The number of hydrogen-bond acceptors (Lipinski definition) is 5. The minimum Gasteiger partial charge on any atom is -0.489 e. The molecule has 1 atom stereocenters. The lowest BCUT2D eigenvalue weighted by Crippen LogP contribution is -2.42. The van der Waals surface area contributed by atoms with Gasteiger partial charge >= 0.3 is 5.97 Å². The van der Waals surface area contributed by atoms with Crippen LogP contribution < -0.4 is 4.74 Å². The molecule has 0 bridgehead atoms. The predicted octanol–water partition coefficient (Wildman–Crippen LogP) is 5.32. The third-order valence-corrected chi connectivity index (χ3v) is 6.42. The van der Waals surface area contributed by atoms with Crippen molar-refractivity contribution in [3.8, 4) is 17.1 Å². The second-order valence-corrected chi connectivity index (χ2v) is 9.33. The Morgan fingerprint density at radius 3 is 2.64 bits per heavy atom. The monoisotopic (exact) mass is 491 g/mol. The van der Waals surface area contributed by atoms with Gasteiger partial charge in [-0.3, -0.25) is 14.5 Å². The van der Waals surface area contributed by atoms with Crippen molar-refractivity contribution < 1.29 is 25.2 Å². The lowest BCUT2D eigenvalue weighted by molar-refractivity contribution is -0.137. The van der Waals surface area contributed by atoms with Crippen molar-refractivity contribution in [2.24, 2.45) is 0 Å². The zero-order valence-electron chi connectivity index (χ0n) is 21.9. The first-order valence-electron chi connectivity index (χ1n) is 12.9. The number of furan rings is 1. The molecule has 0 saturated carbocycles. The summed E-state index contributed by atoms with van der Waals surface area (Å²) in [6, 6.07) is 17.3. The molecule has 3 aromatic rings. The van der Waals surface area contributed by atoms with Crippen LogP contribution in [0, 0.1) is 0 Å². The van der Waals surface area contributed by atoms with E-state index in [-0.39, 0.29) is 25.0 Å². The molecule has 1 aliphatic heterocycles. The molecule has 1 fully saturated rings. The van der Waals surface area contributed by atoms with Gasteiger partial charge in [-0.15, -0.1) is 0 Å². The summed E-state index contributed by atoms with van der Waals surface area (Å²) >= 11 is 0. The average Bonchev–Trinajstić information content (AvgIpc) is 3.41. The van der Waals surface area contributed by atoms with E-state index in [0.29, 0.717) is 24.4 Å². The molecule has 4 rings (SSSR count). The number of ether oxygens (including phenoxy) is 1. The molecule has 0 radical (unpaired) electrons. The number of carbonyl (C=O) groups is 2. The summed E-state index contributed by atoms with van der Waals surface area (Å²) in [5.74, 6) is 0.375. The Kier molecular flexibility index (Phi) is 7.98. The Labute approximate surface area is 213 Å². The van der Waals surface area contributed by atoms with Crippen LogP contribution in [0.3, 0.4) is 0 Å². The lowest BCUT2D eigenvalue weighted by Gasteiger charge is -2.33. The molecule has 36 heavy (non-hydrogen) atoms.